The number of nitrogens with one attached hydrogen (secondary N) is 3. The molecule has 3 N–H and O–H groups in total. The van der Waals surface area contributed by atoms with Crippen molar-refractivity contribution >= 4 is 23.6 Å². The molecule has 3 aromatic rings. The number of esters is 1. The van der Waals surface area contributed by atoms with E-state index in [4.69, 9.17) is 9.47 Å². The van der Waals surface area contributed by atoms with Crippen molar-refractivity contribution in [2.75, 3.05) is 51.1 Å². The minimum Gasteiger partial charge on any atom is -0.459 e. The van der Waals surface area contributed by atoms with Gasteiger partial charge in [0.25, 0.3) is 0 Å². The number of alkyl carbamates (subject to hydrolysis) is 1. The van der Waals surface area contributed by atoms with Crippen LogP contribution in [0, 0.1) is 0 Å². The lowest BCUT2D eigenvalue weighted by Gasteiger charge is -2.34. The molecule has 12 nitrogen and oxygen atoms in total. The second kappa shape index (κ2) is 15.9. The average molecular weight is 633 g/mol. The van der Waals surface area contributed by atoms with Crippen LogP contribution in [0.25, 0.3) is 11.1 Å². The first-order valence-electron chi connectivity index (χ1n) is 15.8. The Morgan fingerprint density at radius 1 is 0.826 bits per heavy atom. The Balaban J connectivity index is 1.23. The van der Waals surface area contributed by atoms with E-state index in [0.29, 0.717) is 32.0 Å². The lowest BCUT2D eigenvalue weighted by Crippen LogP contribution is -2.48. The third-order valence-electron chi connectivity index (χ3n) is 6.89. The Hall–Kier alpha value is -4.13. The number of anilines is 2. The number of hydrogen-bond donors (Lipinski definition) is 3. The van der Waals surface area contributed by atoms with Gasteiger partial charge in [0.1, 0.15) is 22.8 Å². The summed E-state index contributed by atoms with van der Waals surface area (Å²) in [6.45, 7) is 17.3. The summed E-state index contributed by atoms with van der Waals surface area (Å²) in [5.74, 6) is 1.22. The fourth-order valence-corrected chi connectivity index (χ4v) is 4.86. The minimum atomic E-state index is -0.519. The number of aromatic nitrogens is 3. The first-order valence-corrected chi connectivity index (χ1v) is 15.8. The van der Waals surface area contributed by atoms with Gasteiger partial charge in [0.2, 0.25) is 0 Å². The van der Waals surface area contributed by atoms with E-state index >= 15 is 0 Å². The molecule has 4 rings (SSSR count). The van der Waals surface area contributed by atoms with E-state index in [1.54, 1.807) is 18.6 Å². The van der Waals surface area contributed by atoms with Gasteiger partial charge in [0, 0.05) is 75.7 Å². The molecule has 3 heterocycles. The molecule has 0 radical (unpaired) electrons. The first kappa shape index (κ1) is 34.7. The molecule has 1 aromatic carbocycles. The minimum absolute atomic E-state index is 0.169. The van der Waals surface area contributed by atoms with Gasteiger partial charge in [0.15, 0.2) is 0 Å². The molecule has 0 unspecified atom stereocenters. The van der Waals surface area contributed by atoms with E-state index < -0.39 is 17.3 Å². The predicted octanol–water partition coefficient (Wildman–Crippen LogP) is 4.36. The molecule has 248 valence electrons. The first-order chi connectivity index (χ1) is 21.8. The lowest BCUT2D eigenvalue weighted by atomic mass is 10.1. The van der Waals surface area contributed by atoms with Crippen molar-refractivity contribution in [3.05, 3.63) is 66.4 Å². The van der Waals surface area contributed by atoms with Crippen molar-refractivity contribution in [2.24, 2.45) is 0 Å². The van der Waals surface area contributed by atoms with Crippen LogP contribution in [-0.4, -0.2) is 93.8 Å². The van der Waals surface area contributed by atoms with Crippen molar-refractivity contribution in [3.63, 3.8) is 0 Å². The molecule has 46 heavy (non-hydrogen) atoms. The van der Waals surface area contributed by atoms with E-state index in [1.807, 2.05) is 59.7 Å². The number of pyridine rings is 1. The van der Waals surface area contributed by atoms with Crippen molar-refractivity contribution in [3.8, 4) is 11.1 Å². The van der Waals surface area contributed by atoms with Crippen LogP contribution in [-0.2, 0) is 27.4 Å². The van der Waals surface area contributed by atoms with Crippen molar-refractivity contribution in [2.45, 2.75) is 65.8 Å². The highest BCUT2D eigenvalue weighted by Gasteiger charge is 2.22. The van der Waals surface area contributed by atoms with Crippen molar-refractivity contribution in [1.82, 2.24) is 35.4 Å². The maximum absolute atomic E-state index is 12.2. The molecule has 0 saturated carbocycles. The molecule has 0 aliphatic carbocycles. The number of amides is 1. The maximum Gasteiger partial charge on any atom is 0.407 e. The van der Waals surface area contributed by atoms with E-state index in [-0.39, 0.29) is 5.97 Å². The zero-order chi connectivity index (χ0) is 33.2. The van der Waals surface area contributed by atoms with Crippen LogP contribution in [0.3, 0.4) is 0 Å². The van der Waals surface area contributed by atoms with Gasteiger partial charge in [-0.2, -0.15) is 0 Å². The van der Waals surface area contributed by atoms with Crippen LogP contribution in [0.5, 0.6) is 0 Å². The monoisotopic (exact) mass is 632 g/mol. The summed E-state index contributed by atoms with van der Waals surface area (Å²) in [6, 6.07) is 12.3. The lowest BCUT2D eigenvalue weighted by molar-refractivity contribution is -0.156. The molecule has 0 bridgehead atoms. The summed E-state index contributed by atoms with van der Waals surface area (Å²) < 4.78 is 10.7. The van der Waals surface area contributed by atoms with Gasteiger partial charge in [-0.05, 0) is 76.9 Å². The quantitative estimate of drug-likeness (QED) is 0.194. The van der Waals surface area contributed by atoms with Gasteiger partial charge >= 0.3 is 12.1 Å². The average Bonchev–Trinajstić information content (AvgIpc) is 2.97. The third kappa shape index (κ3) is 12.3. The number of carbonyl (C=O) groups excluding carboxylic acids is 2. The standard InChI is InChI=1S/C34H48N8O4/c1-33(2,3)45-31(43)24-42-16-14-41(15-17-42)23-25-8-7-9-28(18-25)40-29-19-26(10-11-36-29)27-20-38-30(39-21-27)22-35-12-13-37-32(44)46-34(4,5)6/h7-11,18-21,35H,12-17,22-24H2,1-6H3,(H,36,40)(H,37,44). The third-order valence-corrected chi connectivity index (χ3v) is 6.89. The summed E-state index contributed by atoms with van der Waals surface area (Å²) in [6.07, 6.45) is 4.94. The van der Waals surface area contributed by atoms with Crippen LogP contribution in [0.2, 0.25) is 0 Å². The second-order valence-corrected chi connectivity index (χ2v) is 13.4. The second-order valence-electron chi connectivity index (χ2n) is 13.4. The van der Waals surface area contributed by atoms with E-state index in [1.165, 1.54) is 5.56 Å². The van der Waals surface area contributed by atoms with Crippen LogP contribution < -0.4 is 16.0 Å². The van der Waals surface area contributed by atoms with Crippen molar-refractivity contribution < 1.29 is 19.1 Å². The largest absolute Gasteiger partial charge is 0.459 e. The highest BCUT2D eigenvalue weighted by Crippen LogP contribution is 2.23. The Morgan fingerprint density at radius 2 is 1.52 bits per heavy atom. The van der Waals surface area contributed by atoms with Crippen LogP contribution in [0.15, 0.2) is 55.0 Å². The normalized spacial score (nSPS) is 14.5. The summed E-state index contributed by atoms with van der Waals surface area (Å²) >= 11 is 0. The Morgan fingerprint density at radius 3 is 2.22 bits per heavy atom. The van der Waals surface area contributed by atoms with Gasteiger partial charge in [0.05, 0.1) is 13.1 Å². The van der Waals surface area contributed by atoms with Crippen molar-refractivity contribution in [1.29, 1.82) is 0 Å². The predicted molar refractivity (Wildman–Crippen MR) is 178 cm³/mol. The fourth-order valence-electron chi connectivity index (χ4n) is 4.86. The van der Waals surface area contributed by atoms with E-state index in [9.17, 15) is 9.59 Å². The zero-order valence-electron chi connectivity index (χ0n) is 27.9. The topological polar surface area (TPSA) is 134 Å². The van der Waals surface area contributed by atoms with Crippen LogP contribution in [0.1, 0.15) is 52.9 Å². The molecule has 1 aliphatic heterocycles. The van der Waals surface area contributed by atoms with E-state index in [2.05, 4.69) is 58.9 Å². The molecule has 2 aromatic heterocycles. The fraction of sp³-hybridized carbons (Fsp3) is 0.500. The number of nitrogens with zero attached hydrogens (tertiary/aromatic N) is 5. The molecule has 1 saturated heterocycles. The Bertz CT molecular complexity index is 1430. The molecule has 1 fully saturated rings. The molecular weight excluding hydrogens is 584 g/mol. The highest BCUT2D eigenvalue weighted by atomic mass is 16.6. The zero-order valence-corrected chi connectivity index (χ0v) is 27.9. The summed E-state index contributed by atoms with van der Waals surface area (Å²) in [5, 5.41) is 9.37. The van der Waals surface area contributed by atoms with Gasteiger partial charge in [-0.25, -0.2) is 19.7 Å². The number of carbonyl (C=O) groups is 2. The summed E-state index contributed by atoms with van der Waals surface area (Å²) in [7, 11) is 0. The number of piperazine rings is 1. The smallest absolute Gasteiger partial charge is 0.407 e. The Labute approximate surface area is 272 Å². The maximum atomic E-state index is 12.2. The molecule has 1 amide bonds. The van der Waals surface area contributed by atoms with Crippen LogP contribution in [0.4, 0.5) is 16.3 Å². The van der Waals surface area contributed by atoms with Crippen LogP contribution >= 0.6 is 0 Å². The Kier molecular flexibility index (Phi) is 12.0. The molecule has 1 aliphatic rings. The number of hydrogen-bond acceptors (Lipinski definition) is 11. The number of ether oxygens (including phenoxy) is 2. The number of benzene rings is 1. The highest BCUT2D eigenvalue weighted by molar-refractivity contribution is 5.72. The number of rotatable bonds is 12. The van der Waals surface area contributed by atoms with Gasteiger partial charge in [-0.15, -0.1) is 0 Å². The van der Waals surface area contributed by atoms with Gasteiger partial charge < -0.3 is 25.4 Å². The molecule has 12 heteroatoms. The molecular formula is C34H48N8O4. The summed E-state index contributed by atoms with van der Waals surface area (Å²) in [4.78, 5) is 42.0. The molecule has 0 spiro atoms. The molecule has 0 atom stereocenters. The van der Waals surface area contributed by atoms with E-state index in [0.717, 1.165) is 55.4 Å². The van der Waals surface area contributed by atoms with Gasteiger partial charge in [-0.3, -0.25) is 14.6 Å². The van der Waals surface area contributed by atoms with Gasteiger partial charge in [-0.1, -0.05) is 12.1 Å². The summed E-state index contributed by atoms with van der Waals surface area (Å²) in [5.41, 5.74) is 3.04. The SMILES string of the molecule is CC(C)(C)OC(=O)CN1CCN(Cc2cccc(Nc3cc(-c4cnc(CNCCNC(=O)OC(C)(C)C)nc4)ccn3)c2)CC1.